The van der Waals surface area contributed by atoms with Crippen LogP contribution in [0, 0.1) is 20.8 Å². The minimum atomic E-state index is 0.721. The van der Waals surface area contributed by atoms with Crippen molar-refractivity contribution in [3.8, 4) is 0 Å². The Morgan fingerprint density at radius 3 is 2.56 bits per heavy atom. The largest absolute Gasteiger partial charge is 0.363 e. The van der Waals surface area contributed by atoms with Crippen LogP contribution in [0.3, 0.4) is 0 Å². The summed E-state index contributed by atoms with van der Waals surface area (Å²) in [5.74, 6) is 1.69. The molecule has 0 saturated heterocycles. The van der Waals surface area contributed by atoms with Gasteiger partial charge in [0.1, 0.15) is 16.6 Å². The molecule has 0 spiro atoms. The van der Waals surface area contributed by atoms with Crippen LogP contribution in [-0.4, -0.2) is 15.0 Å². The third-order valence-electron chi connectivity index (χ3n) is 2.75. The van der Waals surface area contributed by atoms with Gasteiger partial charge in [-0.3, -0.25) is 0 Å². The Hall–Kier alpha value is -1.49. The first-order valence-electron chi connectivity index (χ1n) is 6.10. The molecule has 0 amide bonds. The maximum atomic E-state index is 4.50. The van der Waals surface area contributed by atoms with Crippen LogP contribution in [-0.2, 0) is 13.0 Å². The normalized spacial score (nSPS) is 10.7. The van der Waals surface area contributed by atoms with Crippen LogP contribution < -0.4 is 5.32 Å². The number of hydrogen-bond donors (Lipinski definition) is 1. The highest BCUT2D eigenvalue weighted by atomic mass is 32.1. The molecule has 0 aliphatic carbocycles. The van der Waals surface area contributed by atoms with E-state index in [4.69, 9.17) is 0 Å². The number of aromatic nitrogens is 3. The van der Waals surface area contributed by atoms with Crippen molar-refractivity contribution < 1.29 is 0 Å². The molecule has 0 bridgehead atoms. The first-order chi connectivity index (χ1) is 8.58. The number of nitrogens with zero attached hydrogens (tertiary/aromatic N) is 3. The van der Waals surface area contributed by atoms with E-state index in [9.17, 15) is 0 Å². The fourth-order valence-corrected chi connectivity index (χ4v) is 2.56. The summed E-state index contributed by atoms with van der Waals surface area (Å²) in [6, 6.07) is 2.00. The molecular formula is C13H18N4S. The van der Waals surface area contributed by atoms with E-state index in [1.807, 2.05) is 19.9 Å². The van der Waals surface area contributed by atoms with Crippen molar-refractivity contribution in [3.05, 3.63) is 33.2 Å². The molecule has 2 aromatic rings. The topological polar surface area (TPSA) is 50.7 Å². The van der Waals surface area contributed by atoms with Crippen LogP contribution in [0.4, 0.5) is 5.82 Å². The van der Waals surface area contributed by atoms with Crippen molar-refractivity contribution in [2.75, 3.05) is 5.32 Å². The van der Waals surface area contributed by atoms with Gasteiger partial charge in [0, 0.05) is 16.6 Å². The van der Waals surface area contributed by atoms with Crippen molar-refractivity contribution in [1.82, 2.24) is 15.0 Å². The number of hydrogen-bond acceptors (Lipinski definition) is 5. The lowest BCUT2D eigenvalue weighted by Crippen LogP contribution is -2.04. The van der Waals surface area contributed by atoms with E-state index in [1.165, 1.54) is 4.88 Å². The summed E-state index contributed by atoms with van der Waals surface area (Å²) in [7, 11) is 0. The van der Waals surface area contributed by atoms with Gasteiger partial charge in [0.15, 0.2) is 0 Å². The summed E-state index contributed by atoms with van der Waals surface area (Å²) in [5, 5.41) is 4.41. The second kappa shape index (κ2) is 5.44. The third kappa shape index (κ3) is 3.04. The second-order valence-corrected chi connectivity index (χ2v) is 5.54. The van der Waals surface area contributed by atoms with Crippen molar-refractivity contribution in [3.63, 3.8) is 0 Å². The monoisotopic (exact) mass is 262 g/mol. The summed E-state index contributed by atoms with van der Waals surface area (Å²) in [5.41, 5.74) is 2.18. The molecule has 2 aromatic heterocycles. The van der Waals surface area contributed by atoms with Gasteiger partial charge in [0.25, 0.3) is 0 Å². The van der Waals surface area contributed by atoms with Crippen LogP contribution in [0.5, 0.6) is 0 Å². The average Bonchev–Trinajstić information content (AvgIpc) is 2.65. The molecule has 5 heteroatoms. The van der Waals surface area contributed by atoms with Gasteiger partial charge < -0.3 is 5.32 Å². The van der Waals surface area contributed by atoms with E-state index in [2.05, 4.69) is 34.1 Å². The predicted octanol–water partition coefficient (Wildman–Crippen LogP) is 3.03. The average molecular weight is 262 g/mol. The summed E-state index contributed by atoms with van der Waals surface area (Å²) >= 11 is 1.73. The number of nitrogens with one attached hydrogen (secondary N) is 1. The highest BCUT2D eigenvalue weighted by Crippen LogP contribution is 2.17. The maximum absolute atomic E-state index is 4.50. The zero-order valence-corrected chi connectivity index (χ0v) is 12.1. The van der Waals surface area contributed by atoms with Crippen LogP contribution >= 0.6 is 11.3 Å². The molecule has 2 heterocycles. The lowest BCUT2D eigenvalue weighted by Gasteiger charge is -2.06. The number of aryl methyl sites for hydroxylation is 4. The van der Waals surface area contributed by atoms with Crippen molar-refractivity contribution >= 4 is 17.2 Å². The van der Waals surface area contributed by atoms with Gasteiger partial charge in [-0.25, -0.2) is 15.0 Å². The zero-order chi connectivity index (χ0) is 13.1. The molecule has 1 N–H and O–H groups in total. The van der Waals surface area contributed by atoms with Crippen LogP contribution in [0.1, 0.15) is 34.0 Å². The van der Waals surface area contributed by atoms with E-state index >= 15 is 0 Å². The van der Waals surface area contributed by atoms with Gasteiger partial charge in [0.2, 0.25) is 0 Å². The SMILES string of the molecule is CCc1cc(NCc2nc(C)c(C)s2)nc(C)n1. The molecule has 0 unspecified atom stereocenters. The first-order valence-corrected chi connectivity index (χ1v) is 6.91. The molecule has 0 fully saturated rings. The van der Waals surface area contributed by atoms with Crippen LogP contribution in [0.2, 0.25) is 0 Å². The summed E-state index contributed by atoms with van der Waals surface area (Å²) < 4.78 is 0. The van der Waals surface area contributed by atoms with E-state index < -0.39 is 0 Å². The zero-order valence-electron chi connectivity index (χ0n) is 11.2. The Kier molecular flexibility index (Phi) is 3.91. The molecule has 0 atom stereocenters. The van der Waals surface area contributed by atoms with Gasteiger partial charge in [-0.2, -0.15) is 0 Å². The molecule has 0 saturated carbocycles. The van der Waals surface area contributed by atoms with E-state index in [1.54, 1.807) is 11.3 Å². The molecule has 0 aromatic carbocycles. The molecular weight excluding hydrogens is 244 g/mol. The predicted molar refractivity (Wildman–Crippen MR) is 75.1 cm³/mol. The Balaban J connectivity index is 2.07. The lowest BCUT2D eigenvalue weighted by molar-refractivity contribution is 0.939. The van der Waals surface area contributed by atoms with Crippen molar-refractivity contribution in [1.29, 1.82) is 0 Å². The van der Waals surface area contributed by atoms with E-state index in [0.717, 1.165) is 41.0 Å². The van der Waals surface area contributed by atoms with Crippen LogP contribution in [0.15, 0.2) is 6.07 Å². The molecule has 0 aliphatic rings. The van der Waals surface area contributed by atoms with Gasteiger partial charge in [-0.05, 0) is 27.2 Å². The van der Waals surface area contributed by atoms with Crippen LogP contribution in [0.25, 0.3) is 0 Å². The molecule has 96 valence electrons. The van der Waals surface area contributed by atoms with E-state index in [0.29, 0.717) is 0 Å². The number of thiazole rings is 1. The van der Waals surface area contributed by atoms with Gasteiger partial charge in [0.05, 0.1) is 12.2 Å². The molecule has 4 nitrogen and oxygen atoms in total. The number of anilines is 1. The first kappa shape index (κ1) is 13.0. The minimum absolute atomic E-state index is 0.721. The smallest absolute Gasteiger partial charge is 0.130 e. The van der Waals surface area contributed by atoms with E-state index in [-0.39, 0.29) is 0 Å². The number of rotatable bonds is 4. The van der Waals surface area contributed by atoms with Crippen molar-refractivity contribution in [2.45, 2.75) is 40.7 Å². The summed E-state index contributed by atoms with van der Waals surface area (Å²) in [4.78, 5) is 14.5. The molecule has 18 heavy (non-hydrogen) atoms. The summed E-state index contributed by atoms with van der Waals surface area (Å²) in [6.07, 6.45) is 0.924. The summed E-state index contributed by atoms with van der Waals surface area (Å²) in [6.45, 7) is 8.87. The highest BCUT2D eigenvalue weighted by molar-refractivity contribution is 7.11. The van der Waals surface area contributed by atoms with Crippen molar-refractivity contribution in [2.24, 2.45) is 0 Å². The van der Waals surface area contributed by atoms with Gasteiger partial charge in [-0.1, -0.05) is 6.92 Å². The standard InChI is InChI=1S/C13H18N4S/c1-5-11-6-12(17-10(4)16-11)14-7-13-15-8(2)9(3)18-13/h6H,5,7H2,1-4H3,(H,14,16,17). The fourth-order valence-electron chi connectivity index (χ4n) is 1.68. The Morgan fingerprint density at radius 2 is 1.94 bits per heavy atom. The van der Waals surface area contributed by atoms with Gasteiger partial charge >= 0.3 is 0 Å². The molecule has 0 aliphatic heterocycles. The second-order valence-electron chi connectivity index (χ2n) is 4.25. The maximum Gasteiger partial charge on any atom is 0.130 e. The Bertz CT molecular complexity index is 528. The Morgan fingerprint density at radius 1 is 1.17 bits per heavy atom. The highest BCUT2D eigenvalue weighted by Gasteiger charge is 2.05. The molecule has 0 radical (unpaired) electrons. The van der Waals surface area contributed by atoms with Gasteiger partial charge in [-0.15, -0.1) is 11.3 Å². The lowest BCUT2D eigenvalue weighted by atomic mass is 10.3. The third-order valence-corrected chi connectivity index (χ3v) is 3.82. The Labute approximate surface area is 112 Å². The quantitative estimate of drug-likeness (QED) is 0.920. The molecule has 2 rings (SSSR count). The minimum Gasteiger partial charge on any atom is -0.363 e. The fraction of sp³-hybridized carbons (Fsp3) is 0.462.